The highest BCUT2D eigenvalue weighted by atomic mass is 16.5. The highest BCUT2D eigenvalue weighted by Gasteiger charge is 2.31. The average Bonchev–Trinajstić information content (AvgIpc) is 2.53. The molecule has 20 heavy (non-hydrogen) atoms. The van der Waals surface area contributed by atoms with Crippen LogP contribution in [0.5, 0.6) is 0 Å². The van der Waals surface area contributed by atoms with E-state index in [1.54, 1.807) is 7.05 Å². The molecule has 1 atom stereocenters. The van der Waals surface area contributed by atoms with Gasteiger partial charge in [0.2, 0.25) is 5.91 Å². The van der Waals surface area contributed by atoms with Crippen molar-refractivity contribution in [2.45, 2.75) is 19.4 Å². The maximum absolute atomic E-state index is 12.0. The number of nitrogens with two attached hydrogens (primary N) is 1. The first-order valence-electron chi connectivity index (χ1n) is 6.59. The molecule has 1 aromatic rings. The number of anilines is 2. The first-order valence-corrected chi connectivity index (χ1v) is 6.59. The SMILES string of the molecule is CCc1c(NN)ncnc1N1CCOCC1C(=O)NC. The van der Waals surface area contributed by atoms with Crippen molar-refractivity contribution in [2.24, 2.45) is 5.84 Å². The summed E-state index contributed by atoms with van der Waals surface area (Å²) in [6.45, 7) is 3.51. The quantitative estimate of drug-likeness (QED) is 0.493. The molecular weight excluding hydrogens is 260 g/mol. The van der Waals surface area contributed by atoms with Crippen LogP contribution in [0.1, 0.15) is 12.5 Å². The lowest BCUT2D eigenvalue weighted by Gasteiger charge is -2.36. The Kier molecular flexibility index (Phi) is 4.70. The third kappa shape index (κ3) is 2.66. The number of carbonyl (C=O) groups is 1. The molecule has 1 fully saturated rings. The third-order valence-corrected chi connectivity index (χ3v) is 3.36. The van der Waals surface area contributed by atoms with E-state index in [-0.39, 0.29) is 11.9 Å². The molecular formula is C12H20N6O2. The molecule has 8 heteroatoms. The summed E-state index contributed by atoms with van der Waals surface area (Å²) < 4.78 is 5.40. The van der Waals surface area contributed by atoms with Gasteiger partial charge in [0.05, 0.1) is 13.2 Å². The summed E-state index contributed by atoms with van der Waals surface area (Å²) in [6.07, 6.45) is 2.16. The van der Waals surface area contributed by atoms with Gasteiger partial charge in [-0.05, 0) is 6.42 Å². The highest BCUT2D eigenvalue weighted by Crippen LogP contribution is 2.26. The van der Waals surface area contributed by atoms with Crippen molar-refractivity contribution >= 4 is 17.5 Å². The van der Waals surface area contributed by atoms with Crippen molar-refractivity contribution in [3.63, 3.8) is 0 Å². The molecule has 0 spiro atoms. The predicted octanol–water partition coefficient (Wildman–Crippen LogP) is -0.724. The number of likely N-dealkylation sites (N-methyl/N-ethyl adjacent to an activating group) is 1. The molecule has 1 aliphatic rings. The molecule has 2 rings (SSSR count). The molecule has 0 bridgehead atoms. The van der Waals surface area contributed by atoms with Crippen molar-refractivity contribution in [3.8, 4) is 0 Å². The van der Waals surface area contributed by atoms with Crippen molar-refractivity contribution in [3.05, 3.63) is 11.9 Å². The minimum Gasteiger partial charge on any atom is -0.377 e. The van der Waals surface area contributed by atoms with Crippen LogP contribution in [0.25, 0.3) is 0 Å². The van der Waals surface area contributed by atoms with E-state index in [2.05, 4.69) is 20.7 Å². The Labute approximate surface area is 117 Å². The number of hydrogen-bond donors (Lipinski definition) is 3. The number of aromatic nitrogens is 2. The van der Waals surface area contributed by atoms with Gasteiger partial charge in [-0.15, -0.1) is 0 Å². The number of hydrogen-bond acceptors (Lipinski definition) is 7. The molecule has 4 N–H and O–H groups in total. The summed E-state index contributed by atoms with van der Waals surface area (Å²) in [7, 11) is 1.61. The number of nitrogen functional groups attached to an aromatic ring is 1. The van der Waals surface area contributed by atoms with Gasteiger partial charge in [-0.25, -0.2) is 15.8 Å². The van der Waals surface area contributed by atoms with E-state index in [4.69, 9.17) is 10.6 Å². The van der Waals surface area contributed by atoms with Crippen LogP contribution in [-0.4, -0.2) is 48.7 Å². The molecule has 1 unspecified atom stereocenters. The normalized spacial score (nSPS) is 18.8. The first kappa shape index (κ1) is 14.5. The summed E-state index contributed by atoms with van der Waals surface area (Å²) in [5.41, 5.74) is 3.47. The molecule has 0 radical (unpaired) electrons. The van der Waals surface area contributed by atoms with Crippen molar-refractivity contribution < 1.29 is 9.53 Å². The lowest BCUT2D eigenvalue weighted by Crippen LogP contribution is -2.54. The smallest absolute Gasteiger partial charge is 0.244 e. The molecule has 0 saturated carbocycles. The largest absolute Gasteiger partial charge is 0.377 e. The van der Waals surface area contributed by atoms with Gasteiger partial charge in [0.15, 0.2) is 0 Å². The van der Waals surface area contributed by atoms with Crippen LogP contribution in [-0.2, 0) is 16.0 Å². The van der Waals surface area contributed by atoms with Crippen LogP contribution in [0.15, 0.2) is 6.33 Å². The monoisotopic (exact) mass is 280 g/mol. The molecule has 2 heterocycles. The minimum atomic E-state index is -0.389. The van der Waals surface area contributed by atoms with Gasteiger partial charge in [-0.2, -0.15) is 0 Å². The summed E-state index contributed by atoms with van der Waals surface area (Å²) >= 11 is 0. The molecule has 8 nitrogen and oxygen atoms in total. The average molecular weight is 280 g/mol. The van der Waals surface area contributed by atoms with Crippen LogP contribution >= 0.6 is 0 Å². The van der Waals surface area contributed by atoms with Gasteiger partial charge in [0.25, 0.3) is 0 Å². The zero-order valence-electron chi connectivity index (χ0n) is 11.7. The maximum Gasteiger partial charge on any atom is 0.244 e. The Morgan fingerprint density at radius 1 is 1.60 bits per heavy atom. The van der Waals surface area contributed by atoms with E-state index in [1.807, 2.05) is 11.8 Å². The van der Waals surface area contributed by atoms with E-state index in [0.29, 0.717) is 32.0 Å². The summed E-state index contributed by atoms with van der Waals surface area (Å²) in [5.74, 6) is 6.70. The minimum absolute atomic E-state index is 0.0902. The number of nitrogens with one attached hydrogen (secondary N) is 2. The molecule has 1 aliphatic heterocycles. The Hall–Kier alpha value is -1.93. The van der Waals surface area contributed by atoms with E-state index >= 15 is 0 Å². The van der Waals surface area contributed by atoms with Crippen molar-refractivity contribution in [1.29, 1.82) is 0 Å². The number of morpholine rings is 1. The molecule has 1 aromatic heterocycles. The fraction of sp³-hybridized carbons (Fsp3) is 0.583. The molecule has 1 amide bonds. The second-order valence-electron chi connectivity index (χ2n) is 4.42. The Balaban J connectivity index is 2.39. The van der Waals surface area contributed by atoms with E-state index in [1.165, 1.54) is 6.33 Å². The predicted molar refractivity (Wildman–Crippen MR) is 75.2 cm³/mol. The molecule has 1 saturated heterocycles. The lowest BCUT2D eigenvalue weighted by atomic mass is 10.1. The third-order valence-electron chi connectivity index (χ3n) is 3.36. The maximum atomic E-state index is 12.0. The number of nitrogens with zero attached hydrogens (tertiary/aromatic N) is 3. The van der Waals surface area contributed by atoms with Gasteiger partial charge in [-0.1, -0.05) is 6.92 Å². The summed E-state index contributed by atoms with van der Waals surface area (Å²) in [4.78, 5) is 22.4. The summed E-state index contributed by atoms with van der Waals surface area (Å²) in [5, 5.41) is 2.66. The number of ether oxygens (including phenoxy) is 1. The van der Waals surface area contributed by atoms with Gasteiger partial charge in [-0.3, -0.25) is 4.79 Å². The Morgan fingerprint density at radius 2 is 2.40 bits per heavy atom. The second kappa shape index (κ2) is 6.49. The summed E-state index contributed by atoms with van der Waals surface area (Å²) in [6, 6.07) is -0.389. The number of hydrazine groups is 1. The van der Waals surface area contributed by atoms with Gasteiger partial charge in [0.1, 0.15) is 24.0 Å². The fourth-order valence-electron chi connectivity index (χ4n) is 2.34. The van der Waals surface area contributed by atoms with Gasteiger partial charge in [0, 0.05) is 19.2 Å². The lowest BCUT2D eigenvalue weighted by molar-refractivity contribution is -0.124. The first-order chi connectivity index (χ1) is 9.72. The standard InChI is InChI=1S/C12H20N6O2/c1-3-8-10(17-13)15-7-16-11(8)18-4-5-20-6-9(18)12(19)14-2/h7,9H,3-6,13H2,1-2H3,(H,14,19)(H,15,16,17). The zero-order valence-corrected chi connectivity index (χ0v) is 11.7. The van der Waals surface area contributed by atoms with Gasteiger partial charge < -0.3 is 20.4 Å². The fourth-order valence-corrected chi connectivity index (χ4v) is 2.34. The Bertz CT molecular complexity index is 481. The van der Waals surface area contributed by atoms with Crippen LogP contribution in [0.2, 0.25) is 0 Å². The zero-order chi connectivity index (χ0) is 14.5. The Morgan fingerprint density at radius 3 is 3.05 bits per heavy atom. The van der Waals surface area contributed by atoms with E-state index in [0.717, 1.165) is 11.4 Å². The highest BCUT2D eigenvalue weighted by molar-refractivity contribution is 5.85. The topological polar surface area (TPSA) is 105 Å². The van der Waals surface area contributed by atoms with E-state index in [9.17, 15) is 4.79 Å². The van der Waals surface area contributed by atoms with Crippen LogP contribution < -0.4 is 21.5 Å². The molecule has 0 aliphatic carbocycles. The number of amides is 1. The molecule has 0 aromatic carbocycles. The number of rotatable bonds is 4. The van der Waals surface area contributed by atoms with Crippen LogP contribution in [0, 0.1) is 0 Å². The second-order valence-corrected chi connectivity index (χ2v) is 4.42. The van der Waals surface area contributed by atoms with E-state index < -0.39 is 0 Å². The molecule has 110 valence electrons. The number of carbonyl (C=O) groups excluding carboxylic acids is 1. The van der Waals surface area contributed by atoms with Crippen molar-refractivity contribution in [2.75, 3.05) is 37.1 Å². The van der Waals surface area contributed by atoms with Crippen molar-refractivity contribution in [1.82, 2.24) is 15.3 Å². The van der Waals surface area contributed by atoms with Crippen LogP contribution in [0.4, 0.5) is 11.6 Å². The van der Waals surface area contributed by atoms with Crippen LogP contribution in [0.3, 0.4) is 0 Å². The van der Waals surface area contributed by atoms with Gasteiger partial charge >= 0.3 is 0 Å².